The van der Waals surface area contributed by atoms with Gasteiger partial charge in [-0.15, -0.1) is 0 Å². The van der Waals surface area contributed by atoms with Crippen LogP contribution in [0.2, 0.25) is 0 Å². The molecule has 1 amide bonds. The standard InChI is InChI=1S/C14H18N4OS/c1-4-18(5-2)13(19)11-8-6-7-9-12(11)17-14(20-3)16-10-15/h6-9H,4-5H2,1-3H3,(H,16,17). The van der Waals surface area contributed by atoms with Crippen molar-refractivity contribution in [1.29, 1.82) is 5.26 Å². The van der Waals surface area contributed by atoms with E-state index < -0.39 is 0 Å². The zero-order valence-corrected chi connectivity index (χ0v) is 12.7. The number of hydrogen-bond acceptors (Lipinski definition) is 4. The Morgan fingerprint density at radius 1 is 1.40 bits per heavy atom. The van der Waals surface area contributed by atoms with Gasteiger partial charge in [0.05, 0.1) is 11.3 Å². The van der Waals surface area contributed by atoms with E-state index in [0.29, 0.717) is 29.5 Å². The Kier molecular flexibility index (Phi) is 6.60. The molecule has 6 heteroatoms. The lowest BCUT2D eigenvalue weighted by Gasteiger charge is -2.19. The Balaban J connectivity index is 3.17. The lowest BCUT2D eigenvalue weighted by atomic mass is 10.1. The molecule has 0 heterocycles. The Bertz CT molecular complexity index is 532. The van der Waals surface area contributed by atoms with Gasteiger partial charge < -0.3 is 4.90 Å². The predicted octanol–water partition coefficient (Wildman–Crippen LogP) is 2.59. The van der Waals surface area contributed by atoms with Crippen molar-refractivity contribution in [2.75, 3.05) is 19.3 Å². The van der Waals surface area contributed by atoms with E-state index in [1.54, 1.807) is 17.0 Å². The van der Waals surface area contributed by atoms with Gasteiger partial charge in [0, 0.05) is 13.1 Å². The minimum absolute atomic E-state index is 0.0493. The summed E-state index contributed by atoms with van der Waals surface area (Å²) in [4.78, 5) is 18.5. The third-order valence-electron chi connectivity index (χ3n) is 2.76. The van der Waals surface area contributed by atoms with Gasteiger partial charge in [-0.2, -0.15) is 5.26 Å². The molecule has 0 saturated heterocycles. The minimum atomic E-state index is -0.0493. The average molecular weight is 290 g/mol. The number of nitrogens with zero attached hydrogens (tertiary/aromatic N) is 3. The van der Waals surface area contributed by atoms with Crippen molar-refractivity contribution in [2.45, 2.75) is 13.8 Å². The van der Waals surface area contributed by atoms with E-state index in [1.807, 2.05) is 38.4 Å². The summed E-state index contributed by atoms with van der Waals surface area (Å²) < 4.78 is 0. The van der Waals surface area contributed by atoms with Crippen molar-refractivity contribution < 1.29 is 4.79 Å². The molecule has 1 aromatic rings. The van der Waals surface area contributed by atoms with Crippen LogP contribution < -0.4 is 5.32 Å². The molecule has 1 aromatic carbocycles. The molecule has 0 atom stereocenters. The first kappa shape index (κ1) is 16.1. The molecule has 5 nitrogen and oxygen atoms in total. The molecule has 0 aliphatic rings. The molecular weight excluding hydrogens is 272 g/mol. The highest BCUT2D eigenvalue weighted by Crippen LogP contribution is 2.21. The molecule has 20 heavy (non-hydrogen) atoms. The molecule has 106 valence electrons. The molecule has 1 N–H and O–H groups in total. The zero-order valence-electron chi connectivity index (χ0n) is 11.9. The van der Waals surface area contributed by atoms with Crippen molar-refractivity contribution in [3.05, 3.63) is 29.8 Å². The maximum atomic E-state index is 12.4. The van der Waals surface area contributed by atoms with Gasteiger partial charge in [-0.05, 0) is 32.2 Å². The first-order valence-corrected chi connectivity index (χ1v) is 7.56. The molecular formula is C14H18N4OS. The topological polar surface area (TPSA) is 68.5 Å². The van der Waals surface area contributed by atoms with E-state index in [-0.39, 0.29) is 5.91 Å². The molecule has 0 saturated carbocycles. The molecule has 0 aromatic heterocycles. The summed E-state index contributed by atoms with van der Waals surface area (Å²) in [5, 5.41) is 11.6. The monoisotopic (exact) mass is 290 g/mol. The van der Waals surface area contributed by atoms with Crippen LogP contribution in [0.15, 0.2) is 29.3 Å². The first-order valence-electron chi connectivity index (χ1n) is 6.33. The molecule has 0 aliphatic carbocycles. The highest BCUT2D eigenvalue weighted by molar-refractivity contribution is 8.13. The highest BCUT2D eigenvalue weighted by Gasteiger charge is 2.16. The lowest BCUT2D eigenvalue weighted by Crippen LogP contribution is -2.30. The van der Waals surface area contributed by atoms with Crippen LogP contribution in [0.1, 0.15) is 24.2 Å². The SMILES string of the molecule is CCN(CC)C(=O)c1ccccc1N=C(NC#N)SC. The van der Waals surface area contributed by atoms with E-state index in [4.69, 9.17) is 5.26 Å². The number of benzene rings is 1. The summed E-state index contributed by atoms with van der Waals surface area (Å²) in [5.41, 5.74) is 1.11. The van der Waals surface area contributed by atoms with Crippen LogP contribution in [-0.4, -0.2) is 35.3 Å². The molecule has 0 spiro atoms. The van der Waals surface area contributed by atoms with Crippen LogP contribution in [0.3, 0.4) is 0 Å². The molecule has 0 fully saturated rings. The van der Waals surface area contributed by atoms with E-state index >= 15 is 0 Å². The van der Waals surface area contributed by atoms with Gasteiger partial charge in [-0.25, -0.2) is 4.99 Å². The van der Waals surface area contributed by atoms with Crippen molar-refractivity contribution in [1.82, 2.24) is 10.2 Å². The van der Waals surface area contributed by atoms with Crippen molar-refractivity contribution in [2.24, 2.45) is 4.99 Å². The van der Waals surface area contributed by atoms with Gasteiger partial charge in [0.25, 0.3) is 5.91 Å². The molecule has 1 rings (SSSR count). The number of amides is 1. The number of nitrogens with one attached hydrogen (secondary N) is 1. The van der Waals surface area contributed by atoms with Crippen molar-refractivity contribution in [3.63, 3.8) is 0 Å². The van der Waals surface area contributed by atoms with Crippen molar-refractivity contribution >= 4 is 28.5 Å². The van der Waals surface area contributed by atoms with Gasteiger partial charge in [0.15, 0.2) is 11.4 Å². The lowest BCUT2D eigenvalue weighted by molar-refractivity contribution is 0.0774. The second-order valence-corrected chi connectivity index (χ2v) is 4.65. The largest absolute Gasteiger partial charge is 0.339 e. The number of hydrogen-bond donors (Lipinski definition) is 1. The Morgan fingerprint density at radius 2 is 2.05 bits per heavy atom. The van der Waals surface area contributed by atoms with Gasteiger partial charge in [0.1, 0.15) is 0 Å². The maximum Gasteiger partial charge on any atom is 0.256 e. The summed E-state index contributed by atoms with van der Waals surface area (Å²) in [5.74, 6) is -0.0493. The fraction of sp³-hybridized carbons (Fsp3) is 0.357. The van der Waals surface area contributed by atoms with Gasteiger partial charge in [0.2, 0.25) is 0 Å². The molecule has 0 radical (unpaired) electrons. The number of thioether (sulfide) groups is 1. The Labute approximate surface area is 123 Å². The minimum Gasteiger partial charge on any atom is -0.339 e. The van der Waals surface area contributed by atoms with Crippen LogP contribution in [0.4, 0.5) is 5.69 Å². The van der Waals surface area contributed by atoms with Crippen LogP contribution in [0.5, 0.6) is 0 Å². The van der Waals surface area contributed by atoms with Crippen LogP contribution in [0.25, 0.3) is 0 Å². The highest BCUT2D eigenvalue weighted by atomic mass is 32.2. The van der Waals surface area contributed by atoms with E-state index in [1.165, 1.54) is 11.8 Å². The normalized spacial score (nSPS) is 10.8. The fourth-order valence-electron chi connectivity index (χ4n) is 1.71. The fourth-order valence-corrected chi connectivity index (χ4v) is 2.05. The number of carbonyl (C=O) groups excluding carboxylic acids is 1. The summed E-state index contributed by atoms with van der Waals surface area (Å²) in [7, 11) is 0. The zero-order chi connectivity index (χ0) is 15.0. The predicted molar refractivity (Wildman–Crippen MR) is 83.1 cm³/mol. The quantitative estimate of drug-likeness (QED) is 0.400. The van der Waals surface area contributed by atoms with Gasteiger partial charge >= 0.3 is 0 Å². The van der Waals surface area contributed by atoms with Gasteiger partial charge in [-0.3, -0.25) is 10.1 Å². The van der Waals surface area contributed by atoms with E-state index in [2.05, 4.69) is 10.3 Å². The molecule has 0 unspecified atom stereocenters. The number of para-hydroxylation sites is 1. The second kappa shape index (κ2) is 8.23. The molecule has 0 bridgehead atoms. The Hall–Kier alpha value is -2.00. The first-order chi connectivity index (χ1) is 9.67. The summed E-state index contributed by atoms with van der Waals surface area (Å²) in [6.07, 6.45) is 3.65. The third-order valence-corrected chi connectivity index (χ3v) is 3.34. The van der Waals surface area contributed by atoms with Crippen LogP contribution >= 0.6 is 11.8 Å². The van der Waals surface area contributed by atoms with Crippen molar-refractivity contribution in [3.8, 4) is 6.19 Å². The number of carbonyl (C=O) groups is 1. The number of aliphatic imine (C=N–C) groups is 1. The summed E-state index contributed by atoms with van der Waals surface area (Å²) in [6.45, 7) is 5.19. The maximum absolute atomic E-state index is 12.4. The summed E-state index contributed by atoms with van der Waals surface area (Å²) in [6, 6.07) is 7.16. The van der Waals surface area contributed by atoms with E-state index in [9.17, 15) is 4.79 Å². The smallest absolute Gasteiger partial charge is 0.256 e. The summed E-state index contributed by atoms with van der Waals surface area (Å²) >= 11 is 1.32. The number of amidine groups is 1. The van der Waals surface area contributed by atoms with Crippen LogP contribution in [-0.2, 0) is 0 Å². The second-order valence-electron chi connectivity index (χ2n) is 3.85. The third kappa shape index (κ3) is 4.00. The molecule has 0 aliphatic heterocycles. The van der Waals surface area contributed by atoms with Gasteiger partial charge in [-0.1, -0.05) is 23.9 Å². The number of rotatable bonds is 4. The van der Waals surface area contributed by atoms with Crippen LogP contribution in [0, 0.1) is 11.5 Å². The number of nitriles is 1. The van der Waals surface area contributed by atoms with E-state index in [0.717, 1.165) is 0 Å². The average Bonchev–Trinajstić information content (AvgIpc) is 2.48. The Morgan fingerprint density at radius 3 is 2.60 bits per heavy atom.